The first kappa shape index (κ1) is 19.7. The molecule has 0 radical (unpaired) electrons. The molecule has 142 valence electrons. The quantitative estimate of drug-likeness (QED) is 0.620. The van der Waals surface area contributed by atoms with Crippen molar-refractivity contribution in [1.82, 2.24) is 4.57 Å². The van der Waals surface area contributed by atoms with Gasteiger partial charge in [0.1, 0.15) is 22.6 Å². The third-order valence-electron chi connectivity index (χ3n) is 3.98. The van der Waals surface area contributed by atoms with Gasteiger partial charge in [0.15, 0.2) is 5.57 Å². The summed E-state index contributed by atoms with van der Waals surface area (Å²) in [6, 6.07) is 15.2. The molecule has 0 aliphatic heterocycles. The average Bonchev–Trinajstić information content (AvgIpc) is 3.05. The second-order valence-corrected chi connectivity index (χ2v) is 6.78. The third kappa shape index (κ3) is 3.98. The van der Waals surface area contributed by atoms with Gasteiger partial charge in [-0.1, -0.05) is 12.1 Å². The number of benzene rings is 2. The van der Waals surface area contributed by atoms with Crippen LogP contribution < -0.4 is 14.8 Å². The minimum absolute atomic E-state index is 0.157. The van der Waals surface area contributed by atoms with Crippen LogP contribution in [0.2, 0.25) is 0 Å². The minimum Gasteiger partial charge on any atom is -0.465 e. The van der Waals surface area contributed by atoms with Crippen molar-refractivity contribution in [3.63, 3.8) is 0 Å². The van der Waals surface area contributed by atoms with Gasteiger partial charge < -0.3 is 4.74 Å². The number of ether oxygens (including phenoxy) is 1. The van der Waals surface area contributed by atoms with Crippen LogP contribution in [0.15, 0.2) is 53.3 Å². The van der Waals surface area contributed by atoms with Gasteiger partial charge in [0.2, 0.25) is 0 Å². The van der Waals surface area contributed by atoms with E-state index in [2.05, 4.69) is 4.74 Å². The molecule has 0 unspecified atom stereocenters. The molecule has 0 aliphatic rings. The molecule has 1 heterocycles. The van der Waals surface area contributed by atoms with E-state index < -0.39 is 17.3 Å². The van der Waals surface area contributed by atoms with Gasteiger partial charge in [0.05, 0.1) is 22.9 Å². The number of thiazole rings is 1. The number of nitrogens with zero attached hydrogens (tertiary/aromatic N) is 3. The molecule has 8 heteroatoms. The number of methoxy groups -OCH3 is 1. The van der Waals surface area contributed by atoms with Crippen LogP contribution >= 0.6 is 11.3 Å². The summed E-state index contributed by atoms with van der Waals surface area (Å²) in [6.07, 6.45) is 1.59. The molecule has 3 rings (SSSR count). The molecular weight excluding hydrogens is 393 g/mol. The Hall–Kier alpha value is -4.01. The number of carbonyl (C=O) groups is 1. The lowest BCUT2D eigenvalue weighted by Gasteiger charge is -2.01. The summed E-state index contributed by atoms with van der Waals surface area (Å²) in [4.78, 5) is 24.5. The first-order chi connectivity index (χ1) is 14.0. The Bertz CT molecular complexity index is 1320. The summed E-state index contributed by atoms with van der Waals surface area (Å²) in [5.74, 6) is -0.947. The van der Waals surface area contributed by atoms with E-state index in [0.29, 0.717) is 16.8 Å². The fourth-order valence-electron chi connectivity index (χ4n) is 2.58. The number of esters is 1. The summed E-state index contributed by atoms with van der Waals surface area (Å²) in [6.45, 7) is 0. The molecule has 0 saturated carbocycles. The van der Waals surface area contributed by atoms with Crippen LogP contribution in [0.4, 0.5) is 4.39 Å². The predicted molar refractivity (Wildman–Crippen MR) is 105 cm³/mol. The maximum atomic E-state index is 13.3. The Morgan fingerprint density at radius 3 is 2.28 bits per heavy atom. The molecule has 6 nitrogen and oxygen atoms in total. The van der Waals surface area contributed by atoms with Crippen LogP contribution in [0.5, 0.6) is 0 Å². The average molecular weight is 405 g/mol. The van der Waals surface area contributed by atoms with Crippen molar-refractivity contribution >= 4 is 29.0 Å². The topological polar surface area (TPSA) is 95.9 Å². The Labute approximate surface area is 168 Å². The minimum atomic E-state index is -0.476. The summed E-state index contributed by atoms with van der Waals surface area (Å²) in [5.41, 5.74) is 0.675. The molecule has 0 N–H and O–H groups in total. The maximum absolute atomic E-state index is 13.3. The van der Waals surface area contributed by atoms with Gasteiger partial charge >= 0.3 is 5.97 Å². The molecule has 2 aromatic carbocycles. The van der Waals surface area contributed by atoms with E-state index in [0.717, 1.165) is 11.3 Å². The number of rotatable bonds is 3. The number of carbonyl (C=O) groups excluding carboxylic acids is 1. The Balaban J connectivity index is 2.25. The molecule has 0 saturated heterocycles. The largest absolute Gasteiger partial charge is 0.465 e. The van der Waals surface area contributed by atoms with Gasteiger partial charge in [-0.2, -0.15) is 10.5 Å². The highest BCUT2D eigenvalue weighted by atomic mass is 32.1. The van der Waals surface area contributed by atoms with Crippen molar-refractivity contribution < 1.29 is 13.9 Å². The Kier molecular flexibility index (Phi) is 5.68. The SMILES string of the molecule is COC(=O)c1ccc(/C=c2/sc(=C(C#N)C#N)n(-c3ccc(F)cc3)c2=O)cc1. The second kappa shape index (κ2) is 8.34. The molecular formula is C21H12FN3O3S. The van der Waals surface area contributed by atoms with Crippen molar-refractivity contribution in [2.45, 2.75) is 0 Å². The lowest BCUT2D eigenvalue weighted by atomic mass is 10.1. The monoisotopic (exact) mass is 405 g/mol. The number of halogens is 1. The number of nitriles is 2. The van der Waals surface area contributed by atoms with Crippen molar-refractivity contribution in [2.75, 3.05) is 7.11 Å². The number of aromatic nitrogens is 1. The van der Waals surface area contributed by atoms with Gasteiger partial charge in [0.25, 0.3) is 5.56 Å². The van der Waals surface area contributed by atoms with E-state index in [-0.39, 0.29) is 14.8 Å². The maximum Gasteiger partial charge on any atom is 0.337 e. The van der Waals surface area contributed by atoms with Crippen molar-refractivity contribution in [1.29, 1.82) is 10.5 Å². The van der Waals surface area contributed by atoms with Gasteiger partial charge in [-0.3, -0.25) is 9.36 Å². The van der Waals surface area contributed by atoms with E-state index in [1.165, 1.54) is 35.9 Å². The molecule has 0 bridgehead atoms. The molecule has 0 fully saturated rings. The lowest BCUT2D eigenvalue weighted by Crippen LogP contribution is -2.30. The second-order valence-electron chi connectivity index (χ2n) is 5.74. The van der Waals surface area contributed by atoms with Crippen LogP contribution in [-0.2, 0) is 4.74 Å². The van der Waals surface area contributed by atoms with Crippen LogP contribution in [0.1, 0.15) is 15.9 Å². The van der Waals surface area contributed by atoms with Crippen LogP contribution in [0.25, 0.3) is 17.3 Å². The van der Waals surface area contributed by atoms with E-state index in [1.807, 2.05) is 0 Å². The standard InChI is InChI=1S/C21H12FN3O3S/c1-28-21(27)14-4-2-13(3-5-14)10-18-19(26)25(17-8-6-16(22)7-9-17)20(29-18)15(11-23)12-24/h2-10H,1H3/b18-10+. The van der Waals surface area contributed by atoms with E-state index in [1.54, 1.807) is 42.5 Å². The molecule has 0 spiro atoms. The highest BCUT2D eigenvalue weighted by Gasteiger charge is 2.11. The summed E-state index contributed by atoms with van der Waals surface area (Å²) in [5, 5.41) is 18.5. The van der Waals surface area contributed by atoms with Gasteiger partial charge in [-0.25, -0.2) is 9.18 Å². The van der Waals surface area contributed by atoms with Crippen molar-refractivity contribution in [3.8, 4) is 17.8 Å². The fraction of sp³-hybridized carbons (Fsp3) is 0.0476. The van der Waals surface area contributed by atoms with E-state index >= 15 is 0 Å². The molecule has 0 atom stereocenters. The normalized spacial score (nSPS) is 10.8. The summed E-state index contributed by atoms with van der Waals surface area (Å²) in [7, 11) is 1.28. The van der Waals surface area contributed by atoms with Crippen LogP contribution in [0, 0.1) is 28.5 Å². The Morgan fingerprint density at radius 1 is 1.10 bits per heavy atom. The molecule has 3 aromatic rings. The van der Waals surface area contributed by atoms with Crippen molar-refractivity contribution in [3.05, 3.63) is 85.0 Å². The van der Waals surface area contributed by atoms with Gasteiger partial charge in [-0.15, -0.1) is 11.3 Å². The van der Waals surface area contributed by atoms with E-state index in [9.17, 15) is 24.5 Å². The molecule has 29 heavy (non-hydrogen) atoms. The highest BCUT2D eigenvalue weighted by molar-refractivity contribution is 7.07. The first-order valence-electron chi connectivity index (χ1n) is 8.21. The van der Waals surface area contributed by atoms with Gasteiger partial charge in [0, 0.05) is 0 Å². The predicted octanol–water partition coefficient (Wildman–Crippen LogP) is 1.85. The van der Waals surface area contributed by atoms with Crippen LogP contribution in [-0.4, -0.2) is 17.6 Å². The summed E-state index contributed by atoms with van der Waals surface area (Å²) >= 11 is 0.980. The fourth-order valence-corrected chi connectivity index (χ4v) is 3.63. The molecule has 1 aromatic heterocycles. The Morgan fingerprint density at radius 2 is 1.72 bits per heavy atom. The molecule has 0 amide bonds. The number of hydrogen-bond donors (Lipinski definition) is 0. The first-order valence-corrected chi connectivity index (χ1v) is 9.02. The van der Waals surface area contributed by atoms with Crippen LogP contribution in [0.3, 0.4) is 0 Å². The smallest absolute Gasteiger partial charge is 0.337 e. The summed E-state index contributed by atoms with van der Waals surface area (Å²) < 4.78 is 19.6. The molecule has 0 aliphatic carbocycles. The van der Waals surface area contributed by atoms with Crippen molar-refractivity contribution in [2.24, 2.45) is 0 Å². The zero-order valence-corrected chi connectivity index (χ0v) is 15.9. The lowest BCUT2D eigenvalue weighted by molar-refractivity contribution is 0.0600. The zero-order valence-electron chi connectivity index (χ0n) is 15.0. The zero-order chi connectivity index (χ0) is 21.0. The van der Waals surface area contributed by atoms with Gasteiger partial charge in [-0.05, 0) is 48.0 Å². The third-order valence-corrected chi connectivity index (χ3v) is 5.07. The number of hydrogen-bond acceptors (Lipinski definition) is 6. The van der Waals surface area contributed by atoms with E-state index in [4.69, 9.17) is 0 Å². The highest BCUT2D eigenvalue weighted by Crippen LogP contribution is 2.08.